The zero-order valence-corrected chi connectivity index (χ0v) is 18.7. The number of carbonyl (C=O) groups excluding carboxylic acids is 1. The van der Waals surface area contributed by atoms with E-state index in [0.717, 1.165) is 12.3 Å². The van der Waals surface area contributed by atoms with Crippen LogP contribution in [0.5, 0.6) is 0 Å². The Morgan fingerprint density at radius 1 is 1.09 bits per heavy atom. The molecule has 7 nitrogen and oxygen atoms in total. The molecule has 0 aromatic carbocycles. The van der Waals surface area contributed by atoms with E-state index in [1.54, 1.807) is 0 Å². The molecule has 1 aromatic heterocycles. The van der Waals surface area contributed by atoms with E-state index in [-0.39, 0.29) is 29.8 Å². The zero-order chi connectivity index (χ0) is 23.6. The van der Waals surface area contributed by atoms with Crippen molar-refractivity contribution in [2.24, 2.45) is 11.8 Å². The van der Waals surface area contributed by atoms with Crippen molar-refractivity contribution in [3.05, 3.63) is 23.9 Å². The molecule has 4 aliphatic carbocycles. The summed E-state index contributed by atoms with van der Waals surface area (Å²) in [5, 5.41) is 24.7. The summed E-state index contributed by atoms with van der Waals surface area (Å²) in [6.45, 7) is 4.23. The molecular weight excluding hydrogens is 437 g/mol. The third-order valence-corrected chi connectivity index (χ3v) is 8.19. The predicted molar refractivity (Wildman–Crippen MR) is 114 cm³/mol. The number of anilines is 1. The SMILES string of the molecule is CC(C(=O)NC1C2CC3(O)CC1CC(O)(C2)C3)N1CCN(c2ccc(C(F)(F)F)cn2)CC1. The Hall–Kier alpha value is -1.91. The summed E-state index contributed by atoms with van der Waals surface area (Å²) in [5.74, 6) is 0.650. The molecule has 1 saturated heterocycles. The molecule has 33 heavy (non-hydrogen) atoms. The first kappa shape index (κ1) is 22.9. The van der Waals surface area contributed by atoms with E-state index in [9.17, 15) is 28.2 Å². The summed E-state index contributed by atoms with van der Waals surface area (Å²) < 4.78 is 38.3. The molecule has 5 aliphatic rings. The number of aliphatic hydroxyl groups is 2. The number of nitrogens with one attached hydrogen (secondary N) is 1. The van der Waals surface area contributed by atoms with Crippen LogP contribution in [0.4, 0.5) is 19.0 Å². The van der Waals surface area contributed by atoms with Crippen LogP contribution in [0.25, 0.3) is 0 Å². The average molecular weight is 469 g/mol. The fourth-order valence-corrected chi connectivity index (χ4v) is 6.82. The van der Waals surface area contributed by atoms with Crippen molar-refractivity contribution in [2.75, 3.05) is 31.1 Å². The molecule has 4 bridgehead atoms. The van der Waals surface area contributed by atoms with Crippen LogP contribution in [0.2, 0.25) is 0 Å². The third kappa shape index (κ3) is 4.33. The molecule has 1 unspecified atom stereocenters. The van der Waals surface area contributed by atoms with Gasteiger partial charge in [-0.2, -0.15) is 13.2 Å². The Kier molecular flexibility index (Phi) is 5.41. The zero-order valence-electron chi connectivity index (χ0n) is 18.7. The lowest BCUT2D eigenvalue weighted by Gasteiger charge is -2.61. The van der Waals surface area contributed by atoms with Crippen LogP contribution >= 0.6 is 0 Å². The van der Waals surface area contributed by atoms with E-state index in [1.807, 2.05) is 11.8 Å². The van der Waals surface area contributed by atoms with Crippen LogP contribution in [-0.2, 0) is 11.0 Å². The summed E-state index contributed by atoms with van der Waals surface area (Å²) >= 11 is 0. The minimum atomic E-state index is -4.40. The first-order valence-corrected chi connectivity index (χ1v) is 11.7. The van der Waals surface area contributed by atoms with Gasteiger partial charge >= 0.3 is 6.18 Å². The summed E-state index contributed by atoms with van der Waals surface area (Å²) in [5.41, 5.74) is -2.36. The van der Waals surface area contributed by atoms with Crippen molar-refractivity contribution >= 4 is 11.7 Å². The number of amides is 1. The van der Waals surface area contributed by atoms with E-state index in [1.165, 1.54) is 6.07 Å². The molecule has 0 spiro atoms. The van der Waals surface area contributed by atoms with Gasteiger partial charge in [0.05, 0.1) is 22.8 Å². The van der Waals surface area contributed by atoms with Gasteiger partial charge in [0.1, 0.15) is 5.82 Å². The van der Waals surface area contributed by atoms with Gasteiger partial charge in [-0.15, -0.1) is 0 Å². The van der Waals surface area contributed by atoms with Gasteiger partial charge in [-0.05, 0) is 56.6 Å². The van der Waals surface area contributed by atoms with Gasteiger partial charge in [-0.1, -0.05) is 0 Å². The monoisotopic (exact) mass is 468 g/mol. The van der Waals surface area contributed by atoms with Crippen LogP contribution in [0.15, 0.2) is 18.3 Å². The Morgan fingerprint density at radius 3 is 2.15 bits per heavy atom. The molecule has 1 aliphatic heterocycles. The second kappa shape index (κ2) is 7.81. The van der Waals surface area contributed by atoms with Crippen LogP contribution in [0.3, 0.4) is 0 Å². The van der Waals surface area contributed by atoms with Crippen molar-refractivity contribution in [2.45, 2.75) is 68.5 Å². The molecule has 3 N–H and O–H groups in total. The molecule has 182 valence electrons. The van der Waals surface area contributed by atoms with Crippen LogP contribution in [0.1, 0.15) is 44.6 Å². The predicted octanol–water partition coefficient (Wildman–Crippen LogP) is 1.78. The number of alkyl halides is 3. The Balaban J connectivity index is 1.15. The summed E-state index contributed by atoms with van der Waals surface area (Å²) in [6.07, 6.45) is -0.584. The van der Waals surface area contributed by atoms with E-state index in [4.69, 9.17) is 0 Å². The lowest BCUT2D eigenvalue weighted by molar-refractivity contribution is -0.209. The van der Waals surface area contributed by atoms with Gasteiger partial charge in [0.25, 0.3) is 0 Å². The lowest BCUT2D eigenvalue weighted by atomic mass is 9.50. The maximum Gasteiger partial charge on any atom is 0.417 e. The fraction of sp³-hybridized carbons (Fsp3) is 0.739. The van der Waals surface area contributed by atoms with Crippen molar-refractivity contribution < 1.29 is 28.2 Å². The molecule has 1 aromatic rings. The van der Waals surface area contributed by atoms with Gasteiger partial charge in [-0.25, -0.2) is 4.98 Å². The summed E-state index contributed by atoms with van der Waals surface area (Å²) in [7, 11) is 0. The number of nitrogens with zero attached hydrogens (tertiary/aromatic N) is 3. The van der Waals surface area contributed by atoms with E-state index in [2.05, 4.69) is 15.2 Å². The minimum Gasteiger partial charge on any atom is -0.390 e. The molecule has 2 heterocycles. The Labute approximate surface area is 191 Å². The first-order valence-electron chi connectivity index (χ1n) is 11.7. The van der Waals surface area contributed by atoms with E-state index in [0.29, 0.717) is 64.1 Å². The number of rotatable bonds is 4. The number of pyridine rings is 1. The highest BCUT2D eigenvalue weighted by Crippen LogP contribution is 2.57. The van der Waals surface area contributed by atoms with E-state index >= 15 is 0 Å². The van der Waals surface area contributed by atoms with Crippen LogP contribution < -0.4 is 10.2 Å². The second-order valence-corrected chi connectivity index (χ2v) is 10.6. The molecular formula is C23H31F3N4O3. The summed E-state index contributed by atoms with van der Waals surface area (Å²) in [6, 6.07) is 2.08. The molecule has 6 rings (SSSR count). The highest BCUT2D eigenvalue weighted by molar-refractivity contribution is 5.81. The number of piperazine rings is 1. The van der Waals surface area contributed by atoms with Crippen molar-refractivity contribution in [1.82, 2.24) is 15.2 Å². The van der Waals surface area contributed by atoms with Gasteiger partial charge in [0.15, 0.2) is 0 Å². The Bertz CT molecular complexity index is 865. The third-order valence-electron chi connectivity index (χ3n) is 8.19. The van der Waals surface area contributed by atoms with Crippen LogP contribution in [-0.4, -0.2) is 75.5 Å². The molecule has 1 atom stereocenters. The highest BCUT2D eigenvalue weighted by Gasteiger charge is 2.60. The molecule has 4 saturated carbocycles. The Morgan fingerprint density at radius 2 is 1.67 bits per heavy atom. The second-order valence-electron chi connectivity index (χ2n) is 10.6. The largest absolute Gasteiger partial charge is 0.417 e. The molecule has 5 fully saturated rings. The molecule has 0 radical (unpaired) electrons. The quantitative estimate of drug-likeness (QED) is 0.625. The number of aromatic nitrogens is 1. The maximum atomic E-state index is 13.1. The molecule has 10 heteroatoms. The van der Waals surface area contributed by atoms with Gasteiger partial charge in [0, 0.05) is 44.8 Å². The minimum absolute atomic E-state index is 0.0153. The highest BCUT2D eigenvalue weighted by atomic mass is 19.4. The molecule has 1 amide bonds. The van der Waals surface area contributed by atoms with Crippen LogP contribution in [0, 0.1) is 11.8 Å². The van der Waals surface area contributed by atoms with Crippen molar-refractivity contribution in [3.8, 4) is 0 Å². The number of hydrogen-bond acceptors (Lipinski definition) is 6. The van der Waals surface area contributed by atoms with Crippen molar-refractivity contribution in [1.29, 1.82) is 0 Å². The van der Waals surface area contributed by atoms with Gasteiger partial charge < -0.3 is 20.4 Å². The first-order chi connectivity index (χ1) is 15.4. The van der Waals surface area contributed by atoms with E-state index < -0.39 is 22.9 Å². The van der Waals surface area contributed by atoms with Gasteiger partial charge in [0.2, 0.25) is 5.91 Å². The topological polar surface area (TPSA) is 88.9 Å². The normalized spacial score (nSPS) is 37.3. The fourth-order valence-electron chi connectivity index (χ4n) is 6.82. The number of carbonyl (C=O) groups is 1. The average Bonchev–Trinajstić information content (AvgIpc) is 2.73. The van der Waals surface area contributed by atoms with Gasteiger partial charge in [-0.3, -0.25) is 9.69 Å². The smallest absolute Gasteiger partial charge is 0.390 e. The maximum absolute atomic E-state index is 13.1. The summed E-state index contributed by atoms with van der Waals surface area (Å²) in [4.78, 5) is 21.0. The van der Waals surface area contributed by atoms with Crippen molar-refractivity contribution in [3.63, 3.8) is 0 Å². The number of halogens is 3. The lowest BCUT2D eigenvalue weighted by Crippen LogP contribution is -2.68. The number of hydrogen-bond donors (Lipinski definition) is 3. The standard InChI is InChI=1S/C23H31F3N4O3/c1-14(20(31)28-19-15-8-21(32)10-16(19)11-22(33,9-15)13-21)29-4-6-30(7-5-29)18-3-2-17(12-27-18)23(24,25)26/h2-3,12,14-16,19,32-33H,4-11,13H2,1H3,(H,28,31).